The summed E-state index contributed by atoms with van der Waals surface area (Å²) in [6.45, 7) is 0. The van der Waals surface area contributed by atoms with Crippen molar-refractivity contribution in [2.45, 2.75) is 12.5 Å². The van der Waals surface area contributed by atoms with Crippen molar-refractivity contribution >= 4 is 67.8 Å². The van der Waals surface area contributed by atoms with E-state index < -0.39 is 6.04 Å². The molecule has 0 spiro atoms. The molecule has 19 heavy (non-hydrogen) atoms. The molecule has 2 amide bonds. The second kappa shape index (κ2) is 6.94. The standard InChI is InChI=1S/C12H12BrIN2O2S/c13-7-3-8(14)5-9(4-7)15-12(18)10-6-19-2-1-11(17)16-10/h3-5,10H,1-2,6H2,(H,15,18)(H,16,17)/t10-/m0/s1. The number of anilines is 1. The Hall–Kier alpha value is -0.280. The van der Waals surface area contributed by atoms with E-state index in [0.29, 0.717) is 12.2 Å². The highest BCUT2D eigenvalue weighted by Crippen LogP contribution is 2.21. The fraction of sp³-hybridized carbons (Fsp3) is 0.333. The molecule has 2 N–H and O–H groups in total. The Bertz CT molecular complexity index is 492. The summed E-state index contributed by atoms with van der Waals surface area (Å²) in [5.74, 6) is 1.15. The van der Waals surface area contributed by atoms with Crippen LogP contribution in [0.15, 0.2) is 22.7 Å². The van der Waals surface area contributed by atoms with Gasteiger partial charge in [0.1, 0.15) is 6.04 Å². The van der Waals surface area contributed by atoms with Gasteiger partial charge in [-0.3, -0.25) is 9.59 Å². The topological polar surface area (TPSA) is 58.2 Å². The average Bonchev–Trinajstić information content (AvgIpc) is 2.52. The molecule has 0 aliphatic carbocycles. The number of nitrogens with one attached hydrogen (secondary N) is 2. The van der Waals surface area contributed by atoms with E-state index in [4.69, 9.17) is 0 Å². The molecule has 1 heterocycles. The quantitative estimate of drug-likeness (QED) is 0.675. The molecule has 1 aromatic carbocycles. The van der Waals surface area contributed by atoms with Crippen LogP contribution in [-0.2, 0) is 9.59 Å². The predicted molar refractivity (Wildman–Crippen MR) is 89.4 cm³/mol. The Morgan fingerprint density at radius 3 is 3.00 bits per heavy atom. The van der Waals surface area contributed by atoms with Gasteiger partial charge in [0.25, 0.3) is 0 Å². The smallest absolute Gasteiger partial charge is 0.247 e. The second-order valence-corrected chi connectivity index (χ2v) is 7.40. The molecule has 7 heteroatoms. The van der Waals surface area contributed by atoms with Gasteiger partial charge in [-0.2, -0.15) is 11.8 Å². The number of carbonyl (C=O) groups is 2. The minimum atomic E-state index is -0.461. The minimum Gasteiger partial charge on any atom is -0.343 e. The Morgan fingerprint density at radius 2 is 2.26 bits per heavy atom. The lowest BCUT2D eigenvalue weighted by Crippen LogP contribution is -2.44. The molecule has 1 saturated heterocycles. The van der Waals surface area contributed by atoms with Gasteiger partial charge in [0, 0.05) is 31.7 Å². The average molecular weight is 455 g/mol. The van der Waals surface area contributed by atoms with Crippen LogP contribution in [0.2, 0.25) is 0 Å². The zero-order valence-corrected chi connectivity index (χ0v) is 14.5. The van der Waals surface area contributed by atoms with Crippen molar-refractivity contribution in [2.24, 2.45) is 0 Å². The van der Waals surface area contributed by atoms with E-state index in [1.807, 2.05) is 18.2 Å². The summed E-state index contributed by atoms with van der Waals surface area (Å²) in [7, 11) is 0. The van der Waals surface area contributed by atoms with Gasteiger partial charge in [0.2, 0.25) is 11.8 Å². The Labute approximate surface area is 137 Å². The van der Waals surface area contributed by atoms with Crippen LogP contribution in [0.3, 0.4) is 0 Å². The van der Waals surface area contributed by atoms with Gasteiger partial charge < -0.3 is 10.6 Å². The number of hydrogen-bond acceptors (Lipinski definition) is 3. The summed E-state index contributed by atoms with van der Waals surface area (Å²) in [4.78, 5) is 23.6. The van der Waals surface area contributed by atoms with Gasteiger partial charge >= 0.3 is 0 Å². The van der Waals surface area contributed by atoms with Crippen molar-refractivity contribution in [3.63, 3.8) is 0 Å². The molecule has 0 radical (unpaired) electrons. The van der Waals surface area contributed by atoms with E-state index in [-0.39, 0.29) is 11.8 Å². The molecule has 1 fully saturated rings. The summed E-state index contributed by atoms with van der Waals surface area (Å²) in [5.41, 5.74) is 0.729. The maximum atomic E-state index is 12.1. The lowest BCUT2D eigenvalue weighted by molar-refractivity contribution is -0.125. The number of hydrogen-bond donors (Lipinski definition) is 2. The second-order valence-electron chi connectivity index (χ2n) is 4.09. The highest BCUT2D eigenvalue weighted by Gasteiger charge is 2.23. The van der Waals surface area contributed by atoms with Gasteiger partial charge in [-0.05, 0) is 40.8 Å². The SMILES string of the molecule is O=C1CCSC[C@@H](C(=O)Nc2cc(Br)cc(I)c2)N1. The van der Waals surface area contributed by atoms with Gasteiger partial charge in [-0.25, -0.2) is 0 Å². The fourth-order valence-corrected chi connectivity index (χ4v) is 4.23. The molecule has 102 valence electrons. The summed E-state index contributed by atoms with van der Waals surface area (Å²) in [5, 5.41) is 5.58. The predicted octanol–water partition coefficient (Wildman–Crippen LogP) is 2.61. The summed E-state index contributed by atoms with van der Waals surface area (Å²) in [6.07, 6.45) is 0.475. The van der Waals surface area contributed by atoms with Gasteiger partial charge in [0.15, 0.2) is 0 Å². The van der Waals surface area contributed by atoms with Crippen molar-refractivity contribution < 1.29 is 9.59 Å². The molecule has 0 unspecified atom stereocenters. The van der Waals surface area contributed by atoms with Crippen LogP contribution in [0.5, 0.6) is 0 Å². The maximum absolute atomic E-state index is 12.1. The molecule has 4 nitrogen and oxygen atoms in total. The zero-order chi connectivity index (χ0) is 13.8. The number of benzene rings is 1. The number of rotatable bonds is 2. The molecule has 1 aromatic rings. The van der Waals surface area contributed by atoms with E-state index in [0.717, 1.165) is 19.5 Å². The van der Waals surface area contributed by atoms with Gasteiger partial charge in [0.05, 0.1) is 0 Å². The van der Waals surface area contributed by atoms with Crippen molar-refractivity contribution in [1.29, 1.82) is 0 Å². The molecular weight excluding hydrogens is 443 g/mol. The summed E-state index contributed by atoms with van der Waals surface area (Å²) in [6, 6.07) is 5.22. The first-order chi connectivity index (χ1) is 9.04. The first kappa shape index (κ1) is 15.1. The number of halogens is 2. The van der Waals surface area contributed by atoms with Crippen LogP contribution in [-0.4, -0.2) is 29.4 Å². The maximum Gasteiger partial charge on any atom is 0.247 e. The van der Waals surface area contributed by atoms with E-state index in [1.165, 1.54) is 0 Å². The third-order valence-corrected chi connectivity index (χ3v) is 4.68. The van der Waals surface area contributed by atoms with Crippen LogP contribution >= 0.6 is 50.3 Å². The third kappa shape index (κ3) is 4.64. The van der Waals surface area contributed by atoms with Crippen molar-refractivity contribution in [2.75, 3.05) is 16.8 Å². The normalized spacial score (nSPS) is 19.5. The van der Waals surface area contributed by atoms with E-state index in [1.54, 1.807) is 11.8 Å². The highest BCUT2D eigenvalue weighted by atomic mass is 127. The van der Waals surface area contributed by atoms with E-state index in [9.17, 15) is 9.59 Å². The van der Waals surface area contributed by atoms with Crippen molar-refractivity contribution in [1.82, 2.24) is 5.32 Å². The van der Waals surface area contributed by atoms with Crippen LogP contribution in [0, 0.1) is 3.57 Å². The van der Waals surface area contributed by atoms with Gasteiger partial charge in [-0.15, -0.1) is 0 Å². The largest absolute Gasteiger partial charge is 0.343 e. The number of carbonyl (C=O) groups excluding carboxylic acids is 2. The molecule has 1 aliphatic rings. The minimum absolute atomic E-state index is 0.0611. The fourth-order valence-electron chi connectivity index (χ4n) is 1.67. The molecule has 0 bridgehead atoms. The van der Waals surface area contributed by atoms with Crippen LogP contribution < -0.4 is 10.6 Å². The Morgan fingerprint density at radius 1 is 1.47 bits per heavy atom. The summed E-state index contributed by atoms with van der Waals surface area (Å²) >= 11 is 7.20. The van der Waals surface area contributed by atoms with Crippen molar-refractivity contribution in [3.8, 4) is 0 Å². The number of thioether (sulfide) groups is 1. The van der Waals surface area contributed by atoms with Crippen LogP contribution in [0.1, 0.15) is 6.42 Å². The van der Waals surface area contributed by atoms with Crippen LogP contribution in [0.4, 0.5) is 5.69 Å². The number of amides is 2. The van der Waals surface area contributed by atoms with E-state index >= 15 is 0 Å². The lowest BCUT2D eigenvalue weighted by Gasteiger charge is -2.15. The Kier molecular flexibility index (Phi) is 5.52. The monoisotopic (exact) mass is 454 g/mol. The third-order valence-electron chi connectivity index (χ3n) is 2.54. The molecule has 0 aromatic heterocycles. The molecule has 2 rings (SSSR count). The molecule has 1 atom stereocenters. The highest BCUT2D eigenvalue weighted by molar-refractivity contribution is 14.1. The Balaban J connectivity index is 2.05. The van der Waals surface area contributed by atoms with Crippen LogP contribution in [0.25, 0.3) is 0 Å². The molecule has 1 aliphatic heterocycles. The molecular formula is C12H12BrIN2O2S. The van der Waals surface area contributed by atoms with E-state index in [2.05, 4.69) is 49.2 Å². The van der Waals surface area contributed by atoms with Crippen molar-refractivity contribution in [3.05, 3.63) is 26.2 Å². The summed E-state index contributed by atoms with van der Waals surface area (Å²) < 4.78 is 1.94. The zero-order valence-electron chi connectivity index (χ0n) is 9.91. The first-order valence-corrected chi connectivity index (χ1v) is 8.71. The lowest BCUT2D eigenvalue weighted by atomic mass is 10.2. The molecule has 0 saturated carbocycles. The van der Waals surface area contributed by atoms with Gasteiger partial charge in [-0.1, -0.05) is 15.9 Å². The first-order valence-electron chi connectivity index (χ1n) is 5.68.